The Hall–Kier alpha value is -2.22. The Morgan fingerprint density at radius 1 is 1.24 bits per heavy atom. The van der Waals surface area contributed by atoms with E-state index in [1.807, 2.05) is 19.1 Å². The van der Waals surface area contributed by atoms with Crippen LogP contribution in [0.25, 0.3) is 5.65 Å². The van der Waals surface area contributed by atoms with Crippen molar-refractivity contribution in [3.05, 3.63) is 18.0 Å². The average Bonchev–Trinajstić information content (AvgIpc) is 3.02. The average molecular weight is 345 g/mol. The van der Waals surface area contributed by atoms with Gasteiger partial charge in [0.2, 0.25) is 5.91 Å². The Balaban J connectivity index is 1.69. The van der Waals surface area contributed by atoms with Crippen LogP contribution in [-0.4, -0.2) is 69.9 Å². The Morgan fingerprint density at radius 2 is 2.00 bits per heavy atom. The first-order valence-electron chi connectivity index (χ1n) is 9.01. The van der Waals surface area contributed by atoms with E-state index in [-0.39, 0.29) is 11.9 Å². The predicted molar refractivity (Wildman–Crippen MR) is 96.7 cm³/mol. The molecule has 0 saturated carbocycles. The number of hydrogen-bond acceptors (Lipinski definition) is 6. The van der Waals surface area contributed by atoms with Gasteiger partial charge in [-0.3, -0.25) is 4.79 Å². The fourth-order valence-corrected chi connectivity index (χ4v) is 2.86. The van der Waals surface area contributed by atoms with Crippen molar-refractivity contribution in [3.8, 4) is 0 Å². The van der Waals surface area contributed by atoms with E-state index in [4.69, 9.17) is 5.10 Å². The summed E-state index contributed by atoms with van der Waals surface area (Å²) >= 11 is 0. The number of aromatic nitrogens is 4. The van der Waals surface area contributed by atoms with Gasteiger partial charge in [0.1, 0.15) is 5.82 Å². The van der Waals surface area contributed by atoms with Gasteiger partial charge in [-0.1, -0.05) is 6.92 Å². The zero-order valence-corrected chi connectivity index (χ0v) is 15.3. The first kappa shape index (κ1) is 17.6. The van der Waals surface area contributed by atoms with Gasteiger partial charge in [0, 0.05) is 45.1 Å². The van der Waals surface area contributed by atoms with Crippen LogP contribution in [0.5, 0.6) is 0 Å². The number of hydrogen-bond donors (Lipinski definition) is 1. The molecule has 1 aliphatic heterocycles. The van der Waals surface area contributed by atoms with Gasteiger partial charge in [-0.15, -0.1) is 15.3 Å². The molecule has 0 radical (unpaired) electrons. The lowest BCUT2D eigenvalue weighted by molar-refractivity contribution is -0.121. The minimum atomic E-state index is 0.0429. The molecular formula is C17H27N7O. The maximum atomic E-state index is 12.0. The molecule has 2 aromatic rings. The van der Waals surface area contributed by atoms with E-state index in [2.05, 4.69) is 39.3 Å². The second-order valence-corrected chi connectivity index (χ2v) is 6.74. The van der Waals surface area contributed by atoms with Gasteiger partial charge in [-0.2, -0.15) is 4.52 Å². The van der Waals surface area contributed by atoms with E-state index in [1.54, 1.807) is 4.52 Å². The highest BCUT2D eigenvalue weighted by Crippen LogP contribution is 2.15. The highest BCUT2D eigenvalue weighted by molar-refractivity contribution is 5.76. The highest BCUT2D eigenvalue weighted by Gasteiger charge is 2.17. The number of piperazine rings is 1. The summed E-state index contributed by atoms with van der Waals surface area (Å²) in [6, 6.07) is 4.13. The predicted octanol–water partition coefficient (Wildman–Crippen LogP) is 0.723. The largest absolute Gasteiger partial charge is 0.354 e. The zero-order chi connectivity index (χ0) is 17.8. The third-order valence-corrected chi connectivity index (χ3v) is 4.74. The van der Waals surface area contributed by atoms with E-state index in [0.717, 1.165) is 49.9 Å². The van der Waals surface area contributed by atoms with E-state index in [9.17, 15) is 4.79 Å². The summed E-state index contributed by atoms with van der Waals surface area (Å²) in [7, 11) is 2.14. The van der Waals surface area contributed by atoms with Gasteiger partial charge >= 0.3 is 0 Å². The van der Waals surface area contributed by atoms with Crippen molar-refractivity contribution >= 4 is 17.4 Å². The topological polar surface area (TPSA) is 78.7 Å². The molecule has 1 atom stereocenters. The lowest BCUT2D eigenvalue weighted by Gasteiger charge is -2.33. The maximum absolute atomic E-state index is 12.0. The van der Waals surface area contributed by atoms with Crippen molar-refractivity contribution in [1.29, 1.82) is 0 Å². The Morgan fingerprint density at radius 3 is 2.72 bits per heavy atom. The fourth-order valence-electron chi connectivity index (χ4n) is 2.86. The molecule has 2 aromatic heterocycles. The molecule has 0 aromatic carbocycles. The number of rotatable bonds is 6. The second kappa shape index (κ2) is 7.77. The maximum Gasteiger partial charge on any atom is 0.220 e. The summed E-state index contributed by atoms with van der Waals surface area (Å²) in [5.41, 5.74) is 0.718. The monoisotopic (exact) mass is 345 g/mol. The van der Waals surface area contributed by atoms with Crippen LogP contribution in [0, 0.1) is 0 Å². The summed E-state index contributed by atoms with van der Waals surface area (Å²) in [5.74, 6) is 1.71. The summed E-state index contributed by atoms with van der Waals surface area (Å²) < 4.78 is 1.77. The number of amides is 1. The number of carbonyl (C=O) groups is 1. The van der Waals surface area contributed by atoms with Crippen molar-refractivity contribution in [3.63, 3.8) is 0 Å². The molecule has 1 aliphatic rings. The SMILES string of the molecule is CC[C@H](C)NC(=O)CCc1nnc2ccc(N3CCN(C)CC3)nn12. The molecule has 8 nitrogen and oxygen atoms in total. The normalized spacial score (nSPS) is 17.0. The molecule has 1 amide bonds. The van der Waals surface area contributed by atoms with Gasteiger partial charge in [-0.25, -0.2) is 0 Å². The smallest absolute Gasteiger partial charge is 0.220 e. The number of aryl methyl sites for hydroxylation is 1. The van der Waals surface area contributed by atoms with Crippen LogP contribution in [0.4, 0.5) is 5.82 Å². The number of anilines is 1. The Kier molecular flexibility index (Phi) is 5.47. The van der Waals surface area contributed by atoms with Crippen molar-refractivity contribution in [2.24, 2.45) is 0 Å². The Bertz CT molecular complexity index is 721. The van der Waals surface area contributed by atoms with Gasteiger partial charge in [-0.05, 0) is 32.5 Å². The molecule has 1 saturated heterocycles. The van der Waals surface area contributed by atoms with Gasteiger partial charge in [0.15, 0.2) is 11.5 Å². The minimum absolute atomic E-state index is 0.0429. The molecular weight excluding hydrogens is 318 g/mol. The highest BCUT2D eigenvalue weighted by atomic mass is 16.1. The zero-order valence-electron chi connectivity index (χ0n) is 15.3. The van der Waals surface area contributed by atoms with Crippen LogP contribution in [0.3, 0.4) is 0 Å². The molecule has 0 unspecified atom stereocenters. The molecule has 3 heterocycles. The van der Waals surface area contributed by atoms with Crippen LogP contribution in [0.15, 0.2) is 12.1 Å². The number of carbonyl (C=O) groups excluding carboxylic acids is 1. The van der Waals surface area contributed by atoms with Crippen LogP contribution >= 0.6 is 0 Å². The fraction of sp³-hybridized carbons (Fsp3) is 0.647. The molecule has 1 fully saturated rings. The van der Waals surface area contributed by atoms with E-state index in [0.29, 0.717) is 12.8 Å². The lowest BCUT2D eigenvalue weighted by Crippen LogP contribution is -2.45. The summed E-state index contributed by atoms with van der Waals surface area (Å²) in [6.07, 6.45) is 1.85. The second-order valence-electron chi connectivity index (χ2n) is 6.74. The molecule has 136 valence electrons. The van der Waals surface area contributed by atoms with E-state index >= 15 is 0 Å². The molecule has 0 aliphatic carbocycles. The number of nitrogens with zero attached hydrogens (tertiary/aromatic N) is 6. The minimum Gasteiger partial charge on any atom is -0.354 e. The van der Waals surface area contributed by atoms with Crippen LogP contribution in [0.1, 0.15) is 32.5 Å². The van der Waals surface area contributed by atoms with E-state index in [1.165, 1.54) is 0 Å². The third-order valence-electron chi connectivity index (χ3n) is 4.74. The van der Waals surface area contributed by atoms with Gasteiger partial charge in [0.05, 0.1) is 0 Å². The Labute approximate surface area is 148 Å². The van der Waals surface area contributed by atoms with Crippen LogP contribution in [0.2, 0.25) is 0 Å². The van der Waals surface area contributed by atoms with Crippen molar-refractivity contribution < 1.29 is 4.79 Å². The quantitative estimate of drug-likeness (QED) is 0.831. The molecule has 8 heteroatoms. The van der Waals surface area contributed by atoms with Gasteiger partial charge < -0.3 is 15.1 Å². The third kappa shape index (κ3) is 4.25. The van der Waals surface area contributed by atoms with Crippen LogP contribution < -0.4 is 10.2 Å². The van der Waals surface area contributed by atoms with E-state index < -0.39 is 0 Å². The van der Waals surface area contributed by atoms with Gasteiger partial charge in [0.25, 0.3) is 0 Å². The summed E-state index contributed by atoms with van der Waals surface area (Å²) in [4.78, 5) is 16.6. The molecule has 0 bridgehead atoms. The molecule has 3 rings (SSSR count). The summed E-state index contributed by atoms with van der Waals surface area (Å²) in [6.45, 7) is 8.05. The van der Waals surface area contributed by atoms with Crippen molar-refractivity contribution in [2.45, 2.75) is 39.2 Å². The number of nitrogens with one attached hydrogen (secondary N) is 1. The van der Waals surface area contributed by atoms with Crippen LogP contribution in [-0.2, 0) is 11.2 Å². The lowest BCUT2D eigenvalue weighted by atomic mass is 10.2. The number of likely N-dealkylation sites (N-methyl/N-ethyl adjacent to an activating group) is 1. The number of fused-ring (bicyclic) bond motifs is 1. The van der Waals surface area contributed by atoms with Crippen molar-refractivity contribution in [1.82, 2.24) is 30.0 Å². The molecule has 1 N–H and O–H groups in total. The van der Waals surface area contributed by atoms with Crippen molar-refractivity contribution in [2.75, 3.05) is 38.1 Å². The first-order valence-corrected chi connectivity index (χ1v) is 9.01. The standard InChI is InChI=1S/C17H27N7O/c1-4-13(2)18-17(25)8-7-15-20-19-14-5-6-16(21-24(14)15)23-11-9-22(3)10-12-23/h5-6,13H,4,7-12H2,1-3H3,(H,18,25)/t13-/m0/s1. The molecule has 0 spiro atoms. The first-order chi connectivity index (χ1) is 12.1. The summed E-state index contributed by atoms with van der Waals surface area (Å²) in [5, 5.41) is 16.1. The molecule has 25 heavy (non-hydrogen) atoms.